The minimum atomic E-state index is -4.14. The third-order valence-electron chi connectivity index (χ3n) is 4.33. The molecule has 0 aliphatic carbocycles. The maximum absolute atomic E-state index is 12.5. The summed E-state index contributed by atoms with van der Waals surface area (Å²) in [5, 5.41) is 7.04. The van der Waals surface area contributed by atoms with E-state index >= 15 is 0 Å². The smallest absolute Gasteiger partial charge is 0.401 e. The molecule has 0 saturated carbocycles. The monoisotopic (exact) mass is 420 g/mol. The fraction of sp³-hybridized carbons (Fsp3) is 0.632. The molecule has 28 heavy (non-hydrogen) atoms. The molecule has 1 aromatic rings. The van der Waals surface area contributed by atoms with Crippen LogP contribution in [0.25, 0.3) is 0 Å². The van der Waals surface area contributed by atoms with Crippen molar-refractivity contribution in [2.24, 2.45) is 10.9 Å². The van der Waals surface area contributed by atoms with Crippen LogP contribution in [0.1, 0.15) is 20.3 Å². The van der Waals surface area contributed by atoms with Gasteiger partial charge in [0.15, 0.2) is 5.96 Å². The van der Waals surface area contributed by atoms with E-state index in [0.717, 1.165) is 12.2 Å². The number of nitrogens with zero attached hydrogens (tertiary/aromatic N) is 2. The van der Waals surface area contributed by atoms with Crippen molar-refractivity contribution < 1.29 is 17.9 Å². The van der Waals surface area contributed by atoms with Crippen molar-refractivity contribution in [1.29, 1.82) is 0 Å². The Labute approximate surface area is 169 Å². The number of ether oxygens (including phenoxy) is 1. The second-order valence-corrected chi connectivity index (χ2v) is 7.42. The van der Waals surface area contributed by atoms with Crippen molar-refractivity contribution in [2.75, 3.05) is 39.3 Å². The van der Waals surface area contributed by atoms with Gasteiger partial charge >= 0.3 is 6.18 Å². The summed E-state index contributed by atoms with van der Waals surface area (Å²) in [6.07, 6.45) is -3.53. The van der Waals surface area contributed by atoms with Crippen molar-refractivity contribution in [3.05, 3.63) is 29.3 Å². The molecule has 2 N–H and O–H groups in total. The number of likely N-dealkylation sites (tertiary alicyclic amines) is 1. The molecule has 0 amide bonds. The molecule has 1 saturated heterocycles. The van der Waals surface area contributed by atoms with Gasteiger partial charge in [0, 0.05) is 24.7 Å². The summed E-state index contributed by atoms with van der Waals surface area (Å²) in [5.41, 5.74) is 0. The van der Waals surface area contributed by atoms with Gasteiger partial charge in [-0.2, -0.15) is 13.2 Å². The van der Waals surface area contributed by atoms with Gasteiger partial charge in [0.05, 0.1) is 13.1 Å². The van der Waals surface area contributed by atoms with E-state index in [2.05, 4.69) is 15.6 Å². The number of halogens is 4. The summed E-state index contributed by atoms with van der Waals surface area (Å²) < 4.78 is 43.3. The highest BCUT2D eigenvalue weighted by atomic mass is 35.5. The number of alkyl halides is 3. The van der Waals surface area contributed by atoms with Crippen LogP contribution < -0.4 is 15.4 Å². The van der Waals surface area contributed by atoms with Gasteiger partial charge in [-0.05, 0) is 57.0 Å². The molecule has 1 aromatic carbocycles. The molecular weight excluding hydrogens is 393 g/mol. The summed E-state index contributed by atoms with van der Waals surface area (Å²) in [6.45, 7) is 5.71. The zero-order chi connectivity index (χ0) is 20.6. The Hall–Kier alpha value is -1.67. The molecule has 1 fully saturated rings. The lowest BCUT2D eigenvalue weighted by molar-refractivity contribution is -0.143. The van der Waals surface area contributed by atoms with E-state index in [0.29, 0.717) is 43.7 Å². The molecule has 2 unspecified atom stereocenters. The highest BCUT2D eigenvalue weighted by Gasteiger charge is 2.34. The fourth-order valence-electron chi connectivity index (χ4n) is 3.06. The van der Waals surface area contributed by atoms with Crippen LogP contribution in [0.15, 0.2) is 29.3 Å². The van der Waals surface area contributed by atoms with E-state index in [1.54, 1.807) is 24.3 Å². The molecule has 0 spiro atoms. The van der Waals surface area contributed by atoms with Crippen LogP contribution in [-0.2, 0) is 0 Å². The third-order valence-corrected chi connectivity index (χ3v) is 4.58. The van der Waals surface area contributed by atoms with E-state index in [1.165, 1.54) is 4.90 Å². The van der Waals surface area contributed by atoms with Crippen LogP contribution in [0.4, 0.5) is 13.2 Å². The summed E-state index contributed by atoms with van der Waals surface area (Å²) in [6, 6.07) is 7.14. The average molecular weight is 421 g/mol. The summed E-state index contributed by atoms with van der Waals surface area (Å²) in [4.78, 5) is 5.97. The molecule has 2 atom stereocenters. The lowest BCUT2D eigenvalue weighted by Crippen LogP contribution is -2.41. The van der Waals surface area contributed by atoms with Gasteiger partial charge in [0.1, 0.15) is 11.9 Å². The Kier molecular flexibility index (Phi) is 8.69. The van der Waals surface area contributed by atoms with Gasteiger partial charge in [-0.25, -0.2) is 4.99 Å². The normalized spacial score (nSPS) is 19.5. The highest BCUT2D eigenvalue weighted by Crippen LogP contribution is 2.22. The number of hydrogen-bond donors (Lipinski definition) is 2. The van der Waals surface area contributed by atoms with Crippen molar-refractivity contribution in [3.8, 4) is 5.75 Å². The van der Waals surface area contributed by atoms with Crippen LogP contribution in [0, 0.1) is 5.92 Å². The van der Waals surface area contributed by atoms with Crippen molar-refractivity contribution >= 4 is 17.6 Å². The Bertz CT molecular complexity index is 625. The SMILES string of the molecule is CCNC(=NCC(C)Oc1ccc(Cl)cc1)NCC1CCN(CC(F)(F)F)C1. The Morgan fingerprint density at radius 1 is 1.32 bits per heavy atom. The lowest BCUT2D eigenvalue weighted by Gasteiger charge is -2.19. The summed E-state index contributed by atoms with van der Waals surface area (Å²) >= 11 is 5.86. The van der Waals surface area contributed by atoms with Gasteiger partial charge in [-0.15, -0.1) is 0 Å². The van der Waals surface area contributed by atoms with Crippen LogP contribution in [0.3, 0.4) is 0 Å². The number of guanidine groups is 1. The largest absolute Gasteiger partial charge is 0.489 e. The minimum Gasteiger partial charge on any atom is -0.489 e. The minimum absolute atomic E-state index is 0.134. The lowest BCUT2D eigenvalue weighted by atomic mass is 10.1. The first-order chi connectivity index (χ1) is 13.2. The number of aliphatic imine (C=N–C) groups is 1. The molecular formula is C19H28ClF3N4O. The number of hydrogen-bond acceptors (Lipinski definition) is 3. The third kappa shape index (κ3) is 8.56. The molecule has 158 valence electrons. The van der Waals surface area contributed by atoms with Crippen molar-refractivity contribution in [3.63, 3.8) is 0 Å². The molecule has 5 nitrogen and oxygen atoms in total. The first-order valence-corrected chi connectivity index (χ1v) is 9.86. The molecule has 1 heterocycles. The van der Waals surface area contributed by atoms with Gasteiger partial charge in [-0.1, -0.05) is 11.6 Å². The first kappa shape index (κ1) is 22.6. The van der Waals surface area contributed by atoms with Crippen LogP contribution in [0.5, 0.6) is 5.75 Å². The molecule has 0 radical (unpaired) electrons. The maximum Gasteiger partial charge on any atom is 0.401 e. The fourth-order valence-corrected chi connectivity index (χ4v) is 3.19. The van der Waals surface area contributed by atoms with Gasteiger partial charge in [0.2, 0.25) is 0 Å². The van der Waals surface area contributed by atoms with Crippen LogP contribution in [-0.4, -0.2) is 62.4 Å². The summed E-state index contributed by atoms with van der Waals surface area (Å²) in [5.74, 6) is 1.54. The van der Waals surface area contributed by atoms with E-state index in [9.17, 15) is 13.2 Å². The van der Waals surface area contributed by atoms with Gasteiger partial charge in [0.25, 0.3) is 0 Å². The summed E-state index contributed by atoms with van der Waals surface area (Å²) in [7, 11) is 0. The maximum atomic E-state index is 12.5. The standard InChI is InChI=1S/C19H28ClF3N4O/c1-3-24-18(25-10-14(2)28-17-6-4-16(20)5-7-17)26-11-15-8-9-27(12-15)13-19(21,22)23/h4-7,14-15H,3,8-13H2,1-2H3,(H2,24,25,26). The average Bonchev–Trinajstić information content (AvgIpc) is 3.05. The number of benzene rings is 1. The molecule has 2 rings (SSSR count). The molecule has 9 heteroatoms. The van der Waals surface area contributed by atoms with Gasteiger partial charge < -0.3 is 15.4 Å². The van der Waals surface area contributed by atoms with Crippen LogP contribution >= 0.6 is 11.6 Å². The van der Waals surface area contributed by atoms with Gasteiger partial charge in [-0.3, -0.25) is 4.90 Å². The van der Waals surface area contributed by atoms with E-state index in [1.807, 2.05) is 13.8 Å². The second kappa shape index (κ2) is 10.8. The zero-order valence-electron chi connectivity index (χ0n) is 16.2. The predicted octanol–water partition coefficient (Wildman–Crippen LogP) is 3.55. The van der Waals surface area contributed by atoms with E-state index < -0.39 is 12.7 Å². The zero-order valence-corrected chi connectivity index (χ0v) is 17.0. The number of nitrogens with one attached hydrogen (secondary N) is 2. The quantitative estimate of drug-likeness (QED) is 0.499. The molecule has 0 bridgehead atoms. The topological polar surface area (TPSA) is 48.9 Å². The molecule has 0 aromatic heterocycles. The Balaban J connectivity index is 1.77. The first-order valence-electron chi connectivity index (χ1n) is 9.48. The Morgan fingerprint density at radius 3 is 2.68 bits per heavy atom. The predicted molar refractivity (Wildman–Crippen MR) is 106 cm³/mol. The van der Waals surface area contributed by atoms with E-state index in [4.69, 9.17) is 16.3 Å². The number of rotatable bonds is 8. The van der Waals surface area contributed by atoms with Crippen molar-refractivity contribution in [2.45, 2.75) is 32.5 Å². The Morgan fingerprint density at radius 2 is 2.04 bits per heavy atom. The van der Waals surface area contributed by atoms with E-state index in [-0.39, 0.29) is 12.0 Å². The van der Waals surface area contributed by atoms with Crippen LogP contribution in [0.2, 0.25) is 5.02 Å². The molecule has 1 aliphatic heterocycles. The molecule has 1 aliphatic rings. The van der Waals surface area contributed by atoms with Crippen molar-refractivity contribution in [1.82, 2.24) is 15.5 Å². The second-order valence-electron chi connectivity index (χ2n) is 6.99. The highest BCUT2D eigenvalue weighted by molar-refractivity contribution is 6.30.